The number of halogens is 4. The fraction of sp³-hybridized carbons (Fsp3) is 0.231. The molecule has 1 N–H and O–H groups in total. The van der Waals surface area contributed by atoms with Crippen molar-refractivity contribution < 1.29 is 27.5 Å². The lowest BCUT2D eigenvalue weighted by atomic mass is 9.86. The Morgan fingerprint density at radius 1 is 0.939 bits per heavy atom. The number of carboxylic acids is 1. The lowest BCUT2D eigenvalue weighted by molar-refractivity contribution is -0.139. The summed E-state index contributed by atoms with van der Waals surface area (Å²) >= 11 is 0. The highest BCUT2D eigenvalue weighted by atomic mass is 19.4. The number of carbonyl (C=O) groups is 1. The number of benzene rings is 3. The third kappa shape index (κ3) is 5.58. The number of alkyl halides is 3. The smallest absolute Gasteiger partial charge is 0.416 e. The summed E-state index contributed by atoms with van der Waals surface area (Å²) in [6.07, 6.45) is -4.12. The van der Waals surface area contributed by atoms with Gasteiger partial charge in [-0.25, -0.2) is 4.39 Å². The van der Waals surface area contributed by atoms with E-state index in [0.717, 1.165) is 12.1 Å². The molecule has 0 spiro atoms. The molecule has 0 heterocycles. The highest BCUT2D eigenvalue weighted by Crippen LogP contribution is 2.36. The maximum Gasteiger partial charge on any atom is 0.416 e. The average molecular weight is 455 g/mol. The third-order valence-electron chi connectivity index (χ3n) is 5.33. The molecule has 0 fully saturated rings. The van der Waals surface area contributed by atoms with Crippen LogP contribution in [0.2, 0.25) is 0 Å². The zero-order valence-corrected chi connectivity index (χ0v) is 17.9. The van der Waals surface area contributed by atoms with Gasteiger partial charge in [-0.1, -0.05) is 44.2 Å². The second-order valence-electron chi connectivity index (χ2n) is 8.25. The second kappa shape index (κ2) is 9.45. The molecular formula is C26H21F4NO2. The quantitative estimate of drug-likeness (QED) is 0.398. The van der Waals surface area contributed by atoms with E-state index in [1.165, 1.54) is 24.3 Å². The van der Waals surface area contributed by atoms with Crippen LogP contribution in [-0.4, -0.2) is 11.1 Å². The molecule has 0 aliphatic rings. The molecule has 1 unspecified atom stereocenters. The molecule has 0 aromatic heterocycles. The summed E-state index contributed by atoms with van der Waals surface area (Å²) in [5, 5.41) is 18.8. The molecule has 0 aliphatic carbocycles. The van der Waals surface area contributed by atoms with E-state index in [4.69, 9.17) is 5.26 Å². The van der Waals surface area contributed by atoms with Gasteiger partial charge in [-0.3, -0.25) is 4.79 Å². The molecule has 3 nitrogen and oxygen atoms in total. The van der Waals surface area contributed by atoms with Gasteiger partial charge in [0.25, 0.3) is 0 Å². The Morgan fingerprint density at radius 2 is 1.52 bits per heavy atom. The molecule has 0 aliphatic heterocycles. The zero-order chi connectivity index (χ0) is 24.3. The Labute approximate surface area is 188 Å². The van der Waals surface area contributed by atoms with Gasteiger partial charge >= 0.3 is 12.1 Å². The third-order valence-corrected chi connectivity index (χ3v) is 5.33. The van der Waals surface area contributed by atoms with Crippen LogP contribution in [0.5, 0.6) is 0 Å². The van der Waals surface area contributed by atoms with E-state index >= 15 is 0 Å². The summed E-state index contributed by atoms with van der Waals surface area (Å²) in [5.74, 6) is -2.50. The standard InChI is InChI=1S/C26H21F4NO2/c1-15(2)9-23(25(32)33)21-11-19(16-5-7-22(8-6-16)26(28,29)30)10-20(12-21)17-3-4-18(14-31)24(27)13-17/h3-8,10-13,15,23H,9H2,1-2H3,(H,32,33). The van der Waals surface area contributed by atoms with Crippen molar-refractivity contribution in [3.63, 3.8) is 0 Å². The van der Waals surface area contributed by atoms with Crippen molar-refractivity contribution in [2.75, 3.05) is 0 Å². The van der Waals surface area contributed by atoms with Crippen molar-refractivity contribution in [3.8, 4) is 28.3 Å². The summed E-state index contributed by atoms with van der Waals surface area (Å²) in [5.41, 5.74) is 1.45. The first-order valence-electron chi connectivity index (χ1n) is 10.2. The van der Waals surface area contributed by atoms with Gasteiger partial charge in [0.05, 0.1) is 17.0 Å². The summed E-state index contributed by atoms with van der Waals surface area (Å²) in [6, 6.07) is 15.4. The van der Waals surface area contributed by atoms with Gasteiger partial charge in [0.2, 0.25) is 0 Å². The van der Waals surface area contributed by atoms with E-state index < -0.39 is 29.4 Å². The summed E-state index contributed by atoms with van der Waals surface area (Å²) in [6.45, 7) is 3.79. The van der Waals surface area contributed by atoms with Crippen molar-refractivity contribution in [1.29, 1.82) is 5.26 Å². The molecule has 3 rings (SSSR count). The molecule has 170 valence electrons. The largest absolute Gasteiger partial charge is 0.481 e. The van der Waals surface area contributed by atoms with Gasteiger partial charge < -0.3 is 5.11 Å². The lowest BCUT2D eigenvalue weighted by Gasteiger charge is -2.18. The van der Waals surface area contributed by atoms with E-state index in [0.29, 0.717) is 34.2 Å². The number of nitrogens with zero attached hydrogens (tertiary/aromatic N) is 1. The summed E-state index contributed by atoms with van der Waals surface area (Å²) < 4.78 is 53.1. The molecule has 0 radical (unpaired) electrons. The van der Waals surface area contributed by atoms with E-state index in [9.17, 15) is 27.5 Å². The molecule has 33 heavy (non-hydrogen) atoms. The molecule has 7 heteroatoms. The van der Waals surface area contributed by atoms with E-state index in [1.807, 2.05) is 13.8 Å². The number of hydrogen-bond acceptors (Lipinski definition) is 2. The number of hydrogen-bond donors (Lipinski definition) is 1. The molecule has 1 atom stereocenters. The van der Waals surface area contributed by atoms with Crippen molar-refractivity contribution in [2.45, 2.75) is 32.4 Å². The van der Waals surface area contributed by atoms with Crippen LogP contribution in [0.3, 0.4) is 0 Å². The van der Waals surface area contributed by atoms with Gasteiger partial charge in [-0.15, -0.1) is 0 Å². The van der Waals surface area contributed by atoms with Crippen LogP contribution in [0.4, 0.5) is 17.6 Å². The highest BCUT2D eigenvalue weighted by molar-refractivity contribution is 5.80. The minimum atomic E-state index is -4.47. The predicted octanol–water partition coefficient (Wildman–Crippen LogP) is 7.26. The molecule has 0 amide bonds. The fourth-order valence-corrected chi connectivity index (χ4v) is 3.67. The van der Waals surface area contributed by atoms with Gasteiger partial charge in [-0.2, -0.15) is 18.4 Å². The molecule has 3 aromatic rings. The minimum Gasteiger partial charge on any atom is -0.481 e. The Morgan fingerprint density at radius 3 is 2.00 bits per heavy atom. The van der Waals surface area contributed by atoms with Crippen LogP contribution in [-0.2, 0) is 11.0 Å². The molecular weight excluding hydrogens is 434 g/mol. The highest BCUT2D eigenvalue weighted by Gasteiger charge is 2.30. The van der Waals surface area contributed by atoms with E-state index in [1.54, 1.807) is 30.3 Å². The van der Waals surface area contributed by atoms with Crippen molar-refractivity contribution in [2.24, 2.45) is 5.92 Å². The summed E-state index contributed by atoms with van der Waals surface area (Å²) in [4.78, 5) is 12.0. The average Bonchev–Trinajstić information content (AvgIpc) is 2.76. The van der Waals surface area contributed by atoms with Gasteiger partial charge in [-0.05, 0) is 70.5 Å². The first-order chi connectivity index (χ1) is 15.5. The normalized spacial score (nSPS) is 12.4. The van der Waals surface area contributed by atoms with Crippen LogP contribution in [0, 0.1) is 23.1 Å². The van der Waals surface area contributed by atoms with Gasteiger partial charge in [0.15, 0.2) is 0 Å². The minimum absolute atomic E-state index is 0.0802. The topological polar surface area (TPSA) is 61.1 Å². The summed E-state index contributed by atoms with van der Waals surface area (Å²) in [7, 11) is 0. The monoisotopic (exact) mass is 455 g/mol. The molecule has 0 bridgehead atoms. The molecule has 3 aromatic carbocycles. The number of nitriles is 1. The number of carboxylic acid groups (broad SMARTS) is 1. The first kappa shape index (κ1) is 24.0. The Bertz CT molecular complexity index is 1210. The Hall–Kier alpha value is -3.66. The molecule has 0 saturated carbocycles. The van der Waals surface area contributed by atoms with Gasteiger partial charge in [0, 0.05) is 0 Å². The second-order valence-corrected chi connectivity index (χ2v) is 8.25. The maximum absolute atomic E-state index is 14.3. The fourth-order valence-electron chi connectivity index (χ4n) is 3.67. The van der Waals surface area contributed by atoms with Gasteiger partial charge in [0.1, 0.15) is 11.9 Å². The van der Waals surface area contributed by atoms with E-state index in [2.05, 4.69) is 0 Å². The number of rotatable bonds is 6. The Balaban J connectivity index is 2.18. The number of aliphatic carboxylic acids is 1. The van der Waals surface area contributed by atoms with Crippen molar-refractivity contribution in [1.82, 2.24) is 0 Å². The van der Waals surface area contributed by atoms with Crippen LogP contribution in [0.25, 0.3) is 22.3 Å². The van der Waals surface area contributed by atoms with Crippen LogP contribution in [0.1, 0.15) is 42.9 Å². The van der Waals surface area contributed by atoms with Crippen LogP contribution >= 0.6 is 0 Å². The van der Waals surface area contributed by atoms with Crippen molar-refractivity contribution in [3.05, 3.63) is 83.2 Å². The maximum atomic E-state index is 14.3. The predicted molar refractivity (Wildman–Crippen MR) is 117 cm³/mol. The Kier molecular flexibility index (Phi) is 6.87. The van der Waals surface area contributed by atoms with Crippen LogP contribution in [0.15, 0.2) is 60.7 Å². The van der Waals surface area contributed by atoms with Crippen LogP contribution < -0.4 is 0 Å². The van der Waals surface area contributed by atoms with Crippen molar-refractivity contribution >= 4 is 5.97 Å². The lowest BCUT2D eigenvalue weighted by Crippen LogP contribution is -2.14. The zero-order valence-electron chi connectivity index (χ0n) is 17.9. The SMILES string of the molecule is CC(C)CC(C(=O)O)c1cc(-c2ccc(C(F)(F)F)cc2)cc(-c2ccc(C#N)c(F)c2)c1. The van der Waals surface area contributed by atoms with E-state index in [-0.39, 0.29) is 11.5 Å². The molecule has 0 saturated heterocycles. The first-order valence-corrected chi connectivity index (χ1v) is 10.2.